The van der Waals surface area contributed by atoms with E-state index >= 15 is 0 Å². The molecule has 0 saturated heterocycles. The summed E-state index contributed by atoms with van der Waals surface area (Å²) in [7, 11) is 0. The molecule has 0 radical (unpaired) electrons. The fourth-order valence-electron chi connectivity index (χ4n) is 1.57. The van der Waals surface area contributed by atoms with E-state index in [1.807, 2.05) is 6.92 Å². The van der Waals surface area contributed by atoms with Crippen LogP contribution in [0.25, 0.3) is 0 Å². The molecule has 0 amide bonds. The Morgan fingerprint density at radius 1 is 1.10 bits per heavy atom. The highest BCUT2D eigenvalue weighted by Gasteiger charge is 2.11. The quantitative estimate of drug-likeness (QED) is 0.847. The van der Waals surface area contributed by atoms with E-state index in [4.69, 9.17) is 23.2 Å². The molecule has 0 aliphatic carbocycles. The van der Waals surface area contributed by atoms with E-state index in [2.05, 4.69) is 15.6 Å². The van der Waals surface area contributed by atoms with Gasteiger partial charge in [0.05, 0.1) is 15.7 Å². The van der Waals surface area contributed by atoms with Gasteiger partial charge < -0.3 is 10.6 Å². The molecule has 0 saturated carbocycles. The number of anilines is 3. The molecule has 0 aliphatic heterocycles. The van der Waals surface area contributed by atoms with Crippen LogP contribution in [-0.2, 0) is 0 Å². The zero-order valence-electron chi connectivity index (χ0n) is 10.5. The first-order valence-corrected chi connectivity index (χ1v) is 6.59. The zero-order valence-corrected chi connectivity index (χ0v) is 12.0. The summed E-state index contributed by atoms with van der Waals surface area (Å²) in [5, 5.41) is 6.15. The first-order valence-electron chi connectivity index (χ1n) is 5.83. The van der Waals surface area contributed by atoms with Gasteiger partial charge >= 0.3 is 0 Å². The highest BCUT2D eigenvalue weighted by atomic mass is 35.5. The lowest BCUT2D eigenvalue weighted by atomic mass is 10.3. The number of aromatic nitrogens is 1. The van der Waals surface area contributed by atoms with Gasteiger partial charge in [0, 0.05) is 12.6 Å². The summed E-state index contributed by atoms with van der Waals surface area (Å²) >= 11 is 12.0. The molecule has 3 nitrogen and oxygen atoms in total. The fraction of sp³-hybridized carbons (Fsp3) is 0.154. The van der Waals surface area contributed by atoms with Crippen LogP contribution in [0.2, 0.25) is 10.0 Å². The molecule has 7 heteroatoms. The van der Waals surface area contributed by atoms with Crippen molar-refractivity contribution in [1.29, 1.82) is 0 Å². The number of hydrogen-bond acceptors (Lipinski definition) is 3. The van der Waals surface area contributed by atoms with Gasteiger partial charge in [-0.05, 0) is 25.1 Å². The number of benzene rings is 1. The van der Waals surface area contributed by atoms with E-state index in [1.165, 1.54) is 6.07 Å². The number of pyridine rings is 1. The van der Waals surface area contributed by atoms with Gasteiger partial charge in [-0.15, -0.1) is 0 Å². The number of hydrogen-bond donors (Lipinski definition) is 2. The van der Waals surface area contributed by atoms with Crippen molar-refractivity contribution in [2.45, 2.75) is 6.92 Å². The Labute approximate surface area is 124 Å². The van der Waals surface area contributed by atoms with Crippen molar-refractivity contribution >= 4 is 40.5 Å². The summed E-state index contributed by atoms with van der Waals surface area (Å²) in [4.78, 5) is 4.15. The van der Waals surface area contributed by atoms with Gasteiger partial charge in [-0.1, -0.05) is 23.2 Å². The molecule has 2 aromatic rings. The second-order valence-corrected chi connectivity index (χ2v) is 4.74. The van der Waals surface area contributed by atoms with E-state index in [9.17, 15) is 8.78 Å². The predicted octanol–water partition coefficient (Wildman–Crippen LogP) is 4.84. The van der Waals surface area contributed by atoms with Gasteiger partial charge in [0.2, 0.25) is 0 Å². The third-order valence-corrected chi connectivity index (χ3v) is 3.03. The molecular weight excluding hydrogens is 307 g/mol. The summed E-state index contributed by atoms with van der Waals surface area (Å²) in [6.07, 6.45) is 0. The topological polar surface area (TPSA) is 37.0 Å². The van der Waals surface area contributed by atoms with Crippen molar-refractivity contribution in [3.63, 3.8) is 0 Å². The molecule has 0 bridgehead atoms. The average molecular weight is 318 g/mol. The second-order valence-electron chi connectivity index (χ2n) is 3.93. The van der Waals surface area contributed by atoms with Crippen LogP contribution in [0.5, 0.6) is 0 Å². The van der Waals surface area contributed by atoms with E-state index in [0.717, 1.165) is 18.2 Å². The smallest absolute Gasteiger partial charge is 0.151 e. The molecule has 0 fully saturated rings. The van der Waals surface area contributed by atoms with Gasteiger partial charge in [-0.25, -0.2) is 13.8 Å². The Morgan fingerprint density at radius 2 is 1.80 bits per heavy atom. The van der Waals surface area contributed by atoms with Gasteiger partial charge in [0.15, 0.2) is 5.82 Å². The Morgan fingerprint density at radius 3 is 2.50 bits per heavy atom. The Bertz CT molecular complexity index is 635. The normalized spacial score (nSPS) is 10.4. The van der Waals surface area contributed by atoms with Crippen molar-refractivity contribution in [3.05, 3.63) is 45.9 Å². The molecule has 0 unspecified atom stereocenters. The van der Waals surface area contributed by atoms with Gasteiger partial charge in [0.25, 0.3) is 0 Å². The van der Waals surface area contributed by atoms with Crippen molar-refractivity contribution in [2.24, 2.45) is 0 Å². The lowest BCUT2D eigenvalue weighted by molar-refractivity contribution is 0.603. The van der Waals surface area contributed by atoms with Gasteiger partial charge in [0.1, 0.15) is 17.5 Å². The molecule has 20 heavy (non-hydrogen) atoms. The number of nitrogens with zero attached hydrogens (tertiary/aromatic N) is 1. The predicted molar refractivity (Wildman–Crippen MR) is 78.1 cm³/mol. The molecule has 1 aromatic carbocycles. The number of halogens is 4. The molecule has 106 valence electrons. The third kappa shape index (κ3) is 3.29. The molecule has 2 rings (SSSR count). The average Bonchev–Trinajstić information content (AvgIpc) is 2.39. The van der Waals surface area contributed by atoms with Crippen LogP contribution in [0.15, 0.2) is 24.3 Å². The van der Waals surface area contributed by atoms with E-state index in [-0.39, 0.29) is 16.5 Å². The molecule has 0 spiro atoms. The minimum atomic E-state index is -0.607. The third-order valence-electron chi connectivity index (χ3n) is 2.46. The Balaban J connectivity index is 2.37. The van der Waals surface area contributed by atoms with Crippen LogP contribution in [0.3, 0.4) is 0 Å². The zero-order chi connectivity index (χ0) is 14.7. The molecule has 1 heterocycles. The summed E-state index contributed by atoms with van der Waals surface area (Å²) < 4.78 is 26.7. The minimum absolute atomic E-state index is 0.0517. The van der Waals surface area contributed by atoms with Crippen LogP contribution in [0, 0.1) is 11.6 Å². The first-order chi connectivity index (χ1) is 9.51. The summed E-state index contributed by atoms with van der Waals surface area (Å²) in [6.45, 7) is 2.49. The fourth-order valence-corrected chi connectivity index (χ4v) is 2.04. The first kappa shape index (κ1) is 14.8. The van der Waals surface area contributed by atoms with Gasteiger partial charge in [-0.2, -0.15) is 0 Å². The van der Waals surface area contributed by atoms with Crippen LogP contribution in [0.4, 0.5) is 26.1 Å². The molecule has 0 atom stereocenters. The van der Waals surface area contributed by atoms with Crippen molar-refractivity contribution in [3.8, 4) is 0 Å². The number of nitrogens with one attached hydrogen (secondary N) is 2. The van der Waals surface area contributed by atoms with Crippen molar-refractivity contribution in [2.75, 3.05) is 17.2 Å². The van der Waals surface area contributed by atoms with Crippen LogP contribution < -0.4 is 10.6 Å². The highest BCUT2D eigenvalue weighted by Crippen LogP contribution is 2.31. The summed E-state index contributed by atoms with van der Waals surface area (Å²) in [5.74, 6) is -0.565. The Kier molecular flexibility index (Phi) is 4.62. The number of rotatable bonds is 4. The van der Waals surface area contributed by atoms with Crippen LogP contribution in [-0.4, -0.2) is 11.5 Å². The maximum atomic E-state index is 13.6. The molecule has 2 N–H and O–H groups in total. The van der Waals surface area contributed by atoms with E-state index in [1.54, 1.807) is 0 Å². The SMILES string of the molecule is CCNc1nc(Nc2cc(F)ccc2F)c(Cl)cc1Cl. The van der Waals surface area contributed by atoms with Gasteiger partial charge in [-0.3, -0.25) is 0 Å². The highest BCUT2D eigenvalue weighted by molar-refractivity contribution is 6.37. The van der Waals surface area contributed by atoms with Crippen molar-refractivity contribution < 1.29 is 8.78 Å². The maximum Gasteiger partial charge on any atom is 0.151 e. The van der Waals surface area contributed by atoms with Crippen LogP contribution in [0.1, 0.15) is 6.92 Å². The van der Waals surface area contributed by atoms with Crippen molar-refractivity contribution in [1.82, 2.24) is 4.98 Å². The summed E-state index contributed by atoms with van der Waals surface area (Å²) in [5.41, 5.74) is -0.0517. The lowest BCUT2D eigenvalue weighted by Gasteiger charge is -2.12. The monoisotopic (exact) mass is 317 g/mol. The molecule has 0 aliphatic rings. The standard InChI is InChI=1S/C13H11Cl2F2N3/c1-2-18-12-8(14)6-9(15)13(20-12)19-11-5-7(16)3-4-10(11)17/h3-6H,2H2,1H3,(H2,18,19,20). The summed E-state index contributed by atoms with van der Waals surface area (Å²) in [6, 6.07) is 4.55. The van der Waals surface area contributed by atoms with E-state index in [0.29, 0.717) is 17.4 Å². The van der Waals surface area contributed by atoms with Crippen LogP contribution >= 0.6 is 23.2 Å². The Hall–Kier alpha value is -1.59. The second kappa shape index (κ2) is 6.24. The van der Waals surface area contributed by atoms with E-state index < -0.39 is 11.6 Å². The lowest BCUT2D eigenvalue weighted by Crippen LogP contribution is -2.04. The minimum Gasteiger partial charge on any atom is -0.369 e. The molecule has 1 aromatic heterocycles. The maximum absolute atomic E-state index is 13.6. The largest absolute Gasteiger partial charge is 0.369 e. The molecular formula is C13H11Cl2F2N3.